The topological polar surface area (TPSA) is 96.9 Å². The van der Waals surface area contributed by atoms with Crippen LogP contribution in [0.15, 0.2) is 11.2 Å². The summed E-state index contributed by atoms with van der Waals surface area (Å²) in [5, 5.41) is 11.6. The standard InChI is InChI=1S/C11H17N5O2/c1-7-5-9(10(12)15-17)14-11(13-7)16(2)8-3-4-18-6-8/h5,8,17H,3-4,6H2,1-2H3,(H2,12,15). The zero-order chi connectivity index (χ0) is 13.1. The molecule has 0 aliphatic carbocycles. The van der Waals surface area contributed by atoms with Crippen molar-refractivity contribution in [3.8, 4) is 0 Å². The van der Waals surface area contributed by atoms with E-state index in [1.807, 2.05) is 18.9 Å². The quantitative estimate of drug-likeness (QED) is 0.342. The molecule has 1 atom stereocenters. The lowest BCUT2D eigenvalue weighted by atomic mass is 10.2. The monoisotopic (exact) mass is 251 g/mol. The van der Waals surface area contributed by atoms with Gasteiger partial charge < -0.3 is 20.6 Å². The van der Waals surface area contributed by atoms with Crippen molar-refractivity contribution in [3.63, 3.8) is 0 Å². The van der Waals surface area contributed by atoms with E-state index in [9.17, 15) is 0 Å². The molecule has 1 aromatic rings. The van der Waals surface area contributed by atoms with Crippen LogP contribution in [0.1, 0.15) is 17.8 Å². The first kappa shape index (κ1) is 12.6. The summed E-state index contributed by atoms with van der Waals surface area (Å²) in [6.45, 7) is 3.28. The van der Waals surface area contributed by atoms with E-state index in [1.54, 1.807) is 6.07 Å². The highest BCUT2D eigenvalue weighted by Gasteiger charge is 2.23. The van der Waals surface area contributed by atoms with Crippen molar-refractivity contribution >= 4 is 11.8 Å². The first-order chi connectivity index (χ1) is 8.61. The van der Waals surface area contributed by atoms with Crippen molar-refractivity contribution in [2.24, 2.45) is 10.9 Å². The summed E-state index contributed by atoms with van der Waals surface area (Å²) >= 11 is 0. The molecule has 1 saturated heterocycles. The minimum absolute atomic E-state index is 0.0159. The van der Waals surface area contributed by atoms with Gasteiger partial charge in [-0.2, -0.15) is 0 Å². The lowest BCUT2D eigenvalue weighted by molar-refractivity contribution is 0.193. The summed E-state index contributed by atoms with van der Waals surface area (Å²) in [5.74, 6) is 0.546. The maximum absolute atomic E-state index is 8.69. The Bertz CT molecular complexity index is 457. The third kappa shape index (κ3) is 2.51. The van der Waals surface area contributed by atoms with E-state index in [4.69, 9.17) is 15.7 Å². The van der Waals surface area contributed by atoms with Gasteiger partial charge in [0.05, 0.1) is 12.6 Å². The van der Waals surface area contributed by atoms with Gasteiger partial charge in [0.1, 0.15) is 5.69 Å². The van der Waals surface area contributed by atoms with E-state index in [0.717, 1.165) is 18.7 Å². The molecule has 1 fully saturated rings. The van der Waals surface area contributed by atoms with Crippen LogP contribution in [0.3, 0.4) is 0 Å². The Morgan fingerprint density at radius 1 is 1.61 bits per heavy atom. The van der Waals surface area contributed by atoms with Gasteiger partial charge in [-0.05, 0) is 19.4 Å². The van der Waals surface area contributed by atoms with Crippen molar-refractivity contribution in [1.82, 2.24) is 9.97 Å². The molecule has 0 spiro atoms. The van der Waals surface area contributed by atoms with Crippen LogP contribution in [0.4, 0.5) is 5.95 Å². The molecule has 1 aromatic heterocycles. The van der Waals surface area contributed by atoms with Gasteiger partial charge in [0.25, 0.3) is 0 Å². The molecule has 7 nitrogen and oxygen atoms in total. The van der Waals surface area contributed by atoms with Crippen molar-refractivity contribution < 1.29 is 9.94 Å². The molecule has 98 valence electrons. The van der Waals surface area contributed by atoms with E-state index < -0.39 is 0 Å². The fourth-order valence-electron chi connectivity index (χ4n) is 1.88. The normalized spacial score (nSPS) is 20.1. The number of hydrogen-bond donors (Lipinski definition) is 2. The predicted octanol–water partition coefficient (Wildman–Crippen LogP) is 0.105. The molecule has 0 amide bonds. The second-order valence-electron chi connectivity index (χ2n) is 4.31. The summed E-state index contributed by atoms with van der Waals surface area (Å²) in [6, 6.07) is 1.95. The second-order valence-corrected chi connectivity index (χ2v) is 4.31. The minimum atomic E-state index is -0.0159. The van der Waals surface area contributed by atoms with E-state index in [-0.39, 0.29) is 11.9 Å². The van der Waals surface area contributed by atoms with Crippen LogP contribution in [0.2, 0.25) is 0 Å². The minimum Gasteiger partial charge on any atom is -0.409 e. The van der Waals surface area contributed by atoms with Crippen molar-refractivity contribution in [1.29, 1.82) is 0 Å². The number of hydrogen-bond acceptors (Lipinski definition) is 6. The number of anilines is 1. The molecule has 1 aliphatic rings. The summed E-state index contributed by atoms with van der Waals surface area (Å²) in [4.78, 5) is 10.6. The highest BCUT2D eigenvalue weighted by Crippen LogP contribution is 2.17. The van der Waals surface area contributed by atoms with Gasteiger partial charge in [-0.1, -0.05) is 5.16 Å². The van der Waals surface area contributed by atoms with Crippen LogP contribution in [-0.4, -0.2) is 47.3 Å². The number of amidine groups is 1. The van der Waals surface area contributed by atoms with E-state index in [1.165, 1.54) is 0 Å². The Balaban J connectivity index is 2.29. The molecule has 0 saturated carbocycles. The van der Waals surface area contributed by atoms with Gasteiger partial charge in [-0.25, -0.2) is 9.97 Å². The third-order valence-corrected chi connectivity index (χ3v) is 2.98. The van der Waals surface area contributed by atoms with Gasteiger partial charge in [0.2, 0.25) is 5.95 Å². The number of nitrogens with two attached hydrogens (primary N) is 1. The zero-order valence-corrected chi connectivity index (χ0v) is 10.5. The molecule has 0 radical (unpaired) electrons. The number of likely N-dealkylation sites (N-methyl/N-ethyl adjacent to an activating group) is 1. The average molecular weight is 251 g/mol. The van der Waals surface area contributed by atoms with Gasteiger partial charge >= 0.3 is 0 Å². The van der Waals surface area contributed by atoms with Gasteiger partial charge in [0.15, 0.2) is 5.84 Å². The molecule has 18 heavy (non-hydrogen) atoms. The summed E-state index contributed by atoms with van der Waals surface area (Å²) in [7, 11) is 1.92. The number of oxime groups is 1. The Kier molecular flexibility index (Phi) is 3.61. The molecular formula is C11H17N5O2. The second kappa shape index (κ2) is 5.18. The number of aromatic nitrogens is 2. The number of aryl methyl sites for hydroxylation is 1. The molecule has 2 heterocycles. The van der Waals surface area contributed by atoms with Crippen LogP contribution in [0.25, 0.3) is 0 Å². The first-order valence-electron chi connectivity index (χ1n) is 5.76. The van der Waals surface area contributed by atoms with Crippen molar-refractivity contribution in [2.75, 3.05) is 25.2 Å². The predicted molar refractivity (Wildman–Crippen MR) is 66.9 cm³/mol. The Morgan fingerprint density at radius 2 is 2.39 bits per heavy atom. The largest absolute Gasteiger partial charge is 0.409 e. The molecular weight excluding hydrogens is 234 g/mol. The summed E-state index contributed by atoms with van der Waals surface area (Å²) in [5.41, 5.74) is 6.74. The van der Waals surface area contributed by atoms with Gasteiger partial charge in [0, 0.05) is 19.3 Å². The third-order valence-electron chi connectivity index (χ3n) is 2.98. The number of rotatable bonds is 3. The maximum Gasteiger partial charge on any atom is 0.226 e. The molecule has 2 rings (SSSR count). The number of ether oxygens (including phenoxy) is 1. The molecule has 3 N–H and O–H groups in total. The van der Waals surface area contributed by atoms with Crippen molar-refractivity contribution in [2.45, 2.75) is 19.4 Å². The van der Waals surface area contributed by atoms with Gasteiger partial charge in [-0.15, -0.1) is 0 Å². The SMILES string of the molecule is Cc1cc(/C(N)=N/O)nc(N(C)C2CCOC2)n1. The first-order valence-corrected chi connectivity index (χ1v) is 5.76. The summed E-state index contributed by atoms with van der Waals surface area (Å²) < 4.78 is 5.34. The zero-order valence-electron chi connectivity index (χ0n) is 10.5. The molecule has 1 aliphatic heterocycles. The van der Waals surface area contributed by atoms with Crippen LogP contribution in [0, 0.1) is 6.92 Å². The van der Waals surface area contributed by atoms with E-state index in [0.29, 0.717) is 18.2 Å². The average Bonchev–Trinajstić information content (AvgIpc) is 2.90. The maximum atomic E-state index is 8.69. The molecule has 7 heteroatoms. The lowest BCUT2D eigenvalue weighted by Gasteiger charge is -2.23. The van der Waals surface area contributed by atoms with Crippen LogP contribution < -0.4 is 10.6 Å². The smallest absolute Gasteiger partial charge is 0.226 e. The van der Waals surface area contributed by atoms with Gasteiger partial charge in [-0.3, -0.25) is 0 Å². The fourth-order valence-corrected chi connectivity index (χ4v) is 1.88. The molecule has 0 bridgehead atoms. The Labute approximate surface area is 105 Å². The summed E-state index contributed by atoms with van der Waals surface area (Å²) in [6.07, 6.45) is 0.951. The highest BCUT2D eigenvalue weighted by atomic mass is 16.5. The Hall–Kier alpha value is -1.89. The Morgan fingerprint density at radius 3 is 3.00 bits per heavy atom. The lowest BCUT2D eigenvalue weighted by Crippen LogP contribution is -2.34. The van der Waals surface area contributed by atoms with E-state index >= 15 is 0 Å². The van der Waals surface area contributed by atoms with E-state index in [2.05, 4.69) is 15.1 Å². The van der Waals surface area contributed by atoms with Crippen LogP contribution >= 0.6 is 0 Å². The van der Waals surface area contributed by atoms with Crippen LogP contribution in [0.5, 0.6) is 0 Å². The van der Waals surface area contributed by atoms with Crippen molar-refractivity contribution in [3.05, 3.63) is 17.5 Å². The number of nitrogens with zero attached hydrogens (tertiary/aromatic N) is 4. The highest BCUT2D eigenvalue weighted by molar-refractivity contribution is 5.95. The molecule has 1 unspecified atom stereocenters. The van der Waals surface area contributed by atoms with Crippen LogP contribution in [-0.2, 0) is 4.74 Å². The fraction of sp³-hybridized carbons (Fsp3) is 0.545. The molecule has 0 aromatic carbocycles.